The molecule has 2 aliphatic heterocycles. The first-order valence-electron chi connectivity index (χ1n) is 13.2. The molecule has 2 aliphatic rings. The minimum Gasteiger partial charge on any atom is -0.466 e. The predicted octanol–water partition coefficient (Wildman–Crippen LogP) is 2.98. The number of methoxy groups -OCH3 is 1. The van der Waals surface area contributed by atoms with E-state index in [1.165, 1.54) is 19.2 Å². The highest BCUT2D eigenvalue weighted by atomic mass is 32.2. The van der Waals surface area contributed by atoms with E-state index < -0.39 is 39.6 Å². The van der Waals surface area contributed by atoms with Crippen molar-refractivity contribution in [3.8, 4) is 0 Å². The molecule has 1 amide bonds. The van der Waals surface area contributed by atoms with Crippen molar-refractivity contribution in [1.29, 1.82) is 0 Å². The Kier molecular flexibility index (Phi) is 8.34. The third-order valence-corrected chi connectivity index (χ3v) is 8.57. The summed E-state index contributed by atoms with van der Waals surface area (Å²) in [6.07, 6.45) is 3.31. The van der Waals surface area contributed by atoms with E-state index in [-0.39, 0.29) is 29.1 Å². The van der Waals surface area contributed by atoms with Crippen LogP contribution < -0.4 is 15.4 Å². The van der Waals surface area contributed by atoms with Crippen LogP contribution in [0.2, 0.25) is 0 Å². The largest absolute Gasteiger partial charge is 0.466 e. The predicted molar refractivity (Wildman–Crippen MR) is 154 cm³/mol. The molecule has 212 valence electrons. The molecule has 3 unspecified atom stereocenters. The molecule has 0 radical (unpaired) electrons. The summed E-state index contributed by atoms with van der Waals surface area (Å²) >= 11 is 0. The summed E-state index contributed by atoms with van der Waals surface area (Å²) in [7, 11) is -2.46. The van der Waals surface area contributed by atoms with Gasteiger partial charge in [-0.3, -0.25) is 4.79 Å². The Balaban J connectivity index is 1.39. The molecule has 9 nitrogen and oxygen atoms in total. The third-order valence-electron chi connectivity index (χ3n) is 7.09. The second-order valence-corrected chi connectivity index (χ2v) is 11.5. The zero-order chi connectivity index (χ0) is 28.9. The lowest BCUT2D eigenvalue weighted by Crippen LogP contribution is -2.49. The molecule has 5 rings (SSSR count). The number of amides is 1. The normalized spacial score (nSPS) is 20.1. The number of carbonyl (C=O) groups is 2. The van der Waals surface area contributed by atoms with Crippen LogP contribution in [0.3, 0.4) is 0 Å². The number of carbonyl (C=O) groups excluding carboxylic acids is 2. The molecule has 41 heavy (non-hydrogen) atoms. The maximum absolute atomic E-state index is 13.5. The summed E-state index contributed by atoms with van der Waals surface area (Å²) in [4.78, 5) is 26.8. The number of fused-ring (bicyclic) bond motifs is 2. The second kappa shape index (κ2) is 12.1. The van der Waals surface area contributed by atoms with Gasteiger partial charge < -0.3 is 20.1 Å². The van der Waals surface area contributed by atoms with E-state index in [1.54, 1.807) is 24.3 Å². The van der Waals surface area contributed by atoms with Gasteiger partial charge in [-0.1, -0.05) is 72.8 Å². The number of ether oxygens (including phenoxy) is 2. The fourth-order valence-electron chi connectivity index (χ4n) is 5.19. The summed E-state index contributed by atoms with van der Waals surface area (Å²) in [5.41, 5.74) is 0.849. The fraction of sp³-hybridized carbons (Fsp3) is 0.226. The minimum absolute atomic E-state index is 0.00198. The van der Waals surface area contributed by atoms with E-state index in [0.717, 1.165) is 11.3 Å². The van der Waals surface area contributed by atoms with Gasteiger partial charge >= 0.3 is 5.97 Å². The van der Waals surface area contributed by atoms with Crippen molar-refractivity contribution in [1.82, 2.24) is 10.0 Å². The zero-order valence-corrected chi connectivity index (χ0v) is 23.3. The quantitative estimate of drug-likeness (QED) is 0.173. The van der Waals surface area contributed by atoms with Crippen LogP contribution in [0.25, 0.3) is 0 Å². The summed E-state index contributed by atoms with van der Waals surface area (Å²) in [5, 5.41) is 6.25. The Bertz CT molecular complexity index is 1520. The smallest absolute Gasteiger partial charge is 0.337 e. The SMILES string of the molecule is COC(=O)C1=C(C(=O)NCCNS(=O)(=O)c2ccccc2)C2C=CC1(C(Cc1ccccc1)Nc1ccccc1)O2. The Morgan fingerprint density at radius 3 is 2.22 bits per heavy atom. The maximum Gasteiger partial charge on any atom is 0.337 e. The zero-order valence-electron chi connectivity index (χ0n) is 22.4. The van der Waals surface area contributed by atoms with Crippen molar-refractivity contribution in [3.63, 3.8) is 0 Å². The minimum atomic E-state index is -3.73. The lowest BCUT2D eigenvalue weighted by atomic mass is 9.79. The average Bonchev–Trinajstić information content (AvgIpc) is 3.59. The van der Waals surface area contributed by atoms with E-state index >= 15 is 0 Å². The Morgan fingerprint density at radius 1 is 0.927 bits per heavy atom. The van der Waals surface area contributed by atoms with Crippen LogP contribution in [0.4, 0.5) is 5.69 Å². The standard InChI is InChI=1S/C31H31N3O6S/c1-39-30(36)28-27(29(35)32-19-20-33-41(37,38)24-15-9-4-10-16-24)25-17-18-31(28,40-25)26(21-22-11-5-2-6-12-22)34-23-13-7-3-8-14-23/h2-18,25-26,33-34H,19-21H2,1H3,(H,32,35). The molecule has 0 spiro atoms. The molecule has 0 saturated heterocycles. The Morgan fingerprint density at radius 2 is 1.56 bits per heavy atom. The highest BCUT2D eigenvalue weighted by Gasteiger charge is 2.58. The molecule has 0 saturated carbocycles. The number of nitrogens with one attached hydrogen (secondary N) is 3. The molecular weight excluding hydrogens is 542 g/mol. The van der Waals surface area contributed by atoms with E-state index in [1.807, 2.05) is 66.7 Å². The van der Waals surface area contributed by atoms with Crippen molar-refractivity contribution in [2.45, 2.75) is 29.1 Å². The number of hydrogen-bond acceptors (Lipinski definition) is 7. The van der Waals surface area contributed by atoms with Gasteiger partial charge in [0.2, 0.25) is 10.0 Å². The van der Waals surface area contributed by atoms with E-state index in [4.69, 9.17) is 9.47 Å². The number of rotatable bonds is 12. The molecule has 0 aromatic heterocycles. The molecule has 3 N–H and O–H groups in total. The number of anilines is 1. The topological polar surface area (TPSA) is 123 Å². The highest BCUT2D eigenvalue weighted by molar-refractivity contribution is 7.89. The van der Waals surface area contributed by atoms with Crippen LogP contribution in [0.15, 0.2) is 119 Å². The average molecular weight is 574 g/mol. The molecule has 3 atom stereocenters. The van der Waals surface area contributed by atoms with Gasteiger partial charge in [0.1, 0.15) is 11.7 Å². The first-order valence-corrected chi connectivity index (χ1v) is 14.7. The first kappa shape index (κ1) is 28.3. The Hall–Kier alpha value is -4.25. The van der Waals surface area contributed by atoms with E-state index in [2.05, 4.69) is 15.4 Å². The van der Waals surface area contributed by atoms with Gasteiger partial charge in [0.25, 0.3) is 5.91 Å². The van der Waals surface area contributed by atoms with Crippen LogP contribution >= 0.6 is 0 Å². The van der Waals surface area contributed by atoms with Gasteiger partial charge in [-0.2, -0.15) is 0 Å². The van der Waals surface area contributed by atoms with Crippen molar-refractivity contribution in [2.75, 3.05) is 25.5 Å². The van der Waals surface area contributed by atoms with Gasteiger partial charge in [0, 0.05) is 18.8 Å². The lowest BCUT2D eigenvalue weighted by Gasteiger charge is -2.36. The fourth-order valence-corrected chi connectivity index (χ4v) is 6.24. The summed E-state index contributed by atoms with van der Waals surface area (Å²) < 4.78 is 39.1. The van der Waals surface area contributed by atoms with Crippen LogP contribution in [-0.4, -0.2) is 58.2 Å². The van der Waals surface area contributed by atoms with Gasteiger partial charge in [0.15, 0.2) is 0 Å². The molecule has 3 aromatic rings. The van der Waals surface area contributed by atoms with Crippen LogP contribution in [0.1, 0.15) is 5.56 Å². The van der Waals surface area contributed by atoms with Gasteiger partial charge in [0.05, 0.1) is 29.2 Å². The van der Waals surface area contributed by atoms with Crippen LogP contribution in [0, 0.1) is 0 Å². The van der Waals surface area contributed by atoms with Crippen LogP contribution in [0.5, 0.6) is 0 Å². The number of sulfonamides is 1. The number of para-hydroxylation sites is 1. The molecule has 3 aromatic carbocycles. The maximum atomic E-state index is 13.5. The summed E-state index contributed by atoms with van der Waals surface area (Å²) in [6, 6.07) is 26.9. The molecule has 10 heteroatoms. The molecule has 0 fully saturated rings. The van der Waals surface area contributed by atoms with Crippen molar-refractivity contribution < 1.29 is 27.5 Å². The molecule has 2 heterocycles. The van der Waals surface area contributed by atoms with Gasteiger partial charge in [-0.25, -0.2) is 17.9 Å². The monoisotopic (exact) mass is 573 g/mol. The number of benzene rings is 3. The van der Waals surface area contributed by atoms with Gasteiger partial charge in [-0.05, 0) is 42.3 Å². The van der Waals surface area contributed by atoms with E-state index in [9.17, 15) is 18.0 Å². The first-order chi connectivity index (χ1) is 19.8. The molecule has 0 aliphatic carbocycles. The number of hydrogen-bond donors (Lipinski definition) is 3. The lowest BCUT2D eigenvalue weighted by molar-refractivity contribution is -0.138. The van der Waals surface area contributed by atoms with Crippen LogP contribution in [-0.2, 0) is 35.5 Å². The highest BCUT2D eigenvalue weighted by Crippen LogP contribution is 2.47. The molecular formula is C31H31N3O6S. The van der Waals surface area contributed by atoms with Crippen molar-refractivity contribution in [3.05, 3.63) is 120 Å². The third kappa shape index (κ3) is 5.95. The van der Waals surface area contributed by atoms with E-state index in [0.29, 0.717) is 6.42 Å². The van der Waals surface area contributed by atoms with Crippen molar-refractivity contribution in [2.24, 2.45) is 0 Å². The summed E-state index contributed by atoms with van der Waals surface area (Å²) in [6.45, 7) is -0.0372. The van der Waals surface area contributed by atoms with Crippen molar-refractivity contribution >= 4 is 27.6 Å². The second-order valence-electron chi connectivity index (χ2n) is 9.69. The summed E-state index contributed by atoms with van der Waals surface area (Å²) in [5.74, 6) is -1.20. The number of esters is 1. The molecule has 2 bridgehead atoms. The van der Waals surface area contributed by atoms with Gasteiger partial charge in [-0.15, -0.1) is 0 Å². The Labute approximate surface area is 239 Å².